The van der Waals surface area contributed by atoms with E-state index in [1.54, 1.807) is 0 Å². The highest BCUT2D eigenvalue weighted by Gasteiger charge is 2.33. The van der Waals surface area contributed by atoms with Gasteiger partial charge in [0.2, 0.25) is 0 Å². The summed E-state index contributed by atoms with van der Waals surface area (Å²) in [7, 11) is 1.34. The number of anilines is 1. The number of aromatic nitrogens is 2. The van der Waals surface area contributed by atoms with E-state index in [2.05, 4.69) is 15.3 Å². The molecule has 2 aromatic heterocycles. The maximum Gasteiger partial charge on any atom is 0.433 e. The van der Waals surface area contributed by atoms with E-state index in [1.807, 2.05) is 0 Å². The average Bonchev–Trinajstić information content (AvgIpc) is 2.68. The first kappa shape index (κ1) is 20.9. The summed E-state index contributed by atoms with van der Waals surface area (Å²) in [4.78, 5) is 19.6. The third-order valence-corrected chi connectivity index (χ3v) is 3.89. The van der Waals surface area contributed by atoms with Gasteiger partial charge in [-0.1, -0.05) is 0 Å². The molecule has 10 heteroatoms. The van der Waals surface area contributed by atoms with Crippen molar-refractivity contribution in [1.82, 2.24) is 9.97 Å². The van der Waals surface area contributed by atoms with Crippen LogP contribution >= 0.6 is 0 Å². The molecule has 0 spiro atoms. The number of nitrogens with zero attached hydrogens (tertiary/aromatic N) is 2. The van der Waals surface area contributed by atoms with E-state index in [0.29, 0.717) is 5.69 Å². The number of aromatic hydroxyl groups is 1. The summed E-state index contributed by atoms with van der Waals surface area (Å²) in [6.07, 6.45) is -3.27. The largest absolute Gasteiger partial charge is 0.503 e. The van der Waals surface area contributed by atoms with Crippen molar-refractivity contribution in [1.29, 1.82) is 0 Å². The highest BCUT2D eigenvalue weighted by Crippen LogP contribution is 2.32. The van der Waals surface area contributed by atoms with Crippen LogP contribution in [0.3, 0.4) is 0 Å². The molecule has 0 saturated heterocycles. The van der Waals surface area contributed by atoms with Crippen LogP contribution in [-0.2, 0) is 6.18 Å². The van der Waals surface area contributed by atoms with Gasteiger partial charge in [0, 0.05) is 35.8 Å². The second-order valence-electron chi connectivity index (χ2n) is 6.12. The minimum absolute atomic E-state index is 0.0166. The first-order valence-electron chi connectivity index (χ1n) is 8.54. The second-order valence-corrected chi connectivity index (χ2v) is 6.12. The van der Waals surface area contributed by atoms with E-state index in [0.717, 1.165) is 6.07 Å². The summed E-state index contributed by atoms with van der Waals surface area (Å²) in [5.41, 5.74) is -0.749. The zero-order valence-electron chi connectivity index (χ0n) is 15.8. The lowest BCUT2D eigenvalue weighted by atomic mass is 10.2. The van der Waals surface area contributed by atoms with Gasteiger partial charge in [-0.05, 0) is 31.2 Å². The van der Waals surface area contributed by atoms with Crippen LogP contribution in [0.1, 0.15) is 21.9 Å². The highest BCUT2D eigenvalue weighted by atomic mass is 19.4. The van der Waals surface area contributed by atoms with Crippen molar-refractivity contribution in [3.05, 3.63) is 65.7 Å². The molecular formula is C20H16F3N3O4. The molecular weight excluding hydrogens is 403 g/mol. The number of amides is 1. The van der Waals surface area contributed by atoms with Crippen LogP contribution in [-0.4, -0.2) is 28.1 Å². The fourth-order valence-electron chi connectivity index (χ4n) is 2.54. The molecule has 0 saturated carbocycles. The molecule has 1 aromatic carbocycles. The van der Waals surface area contributed by atoms with Crippen LogP contribution in [0.15, 0.2) is 48.7 Å². The summed E-state index contributed by atoms with van der Waals surface area (Å²) in [5.74, 6) is -0.721. The first-order valence-corrected chi connectivity index (χ1v) is 8.54. The number of carbonyl (C=O) groups excluding carboxylic acids is 1. The van der Waals surface area contributed by atoms with Gasteiger partial charge in [0.25, 0.3) is 5.91 Å². The molecule has 0 aliphatic rings. The third-order valence-electron chi connectivity index (χ3n) is 3.89. The predicted octanol–water partition coefficient (Wildman–Crippen LogP) is 4.56. The normalized spacial score (nSPS) is 11.1. The number of methoxy groups -OCH3 is 1. The molecule has 156 valence electrons. The van der Waals surface area contributed by atoms with Gasteiger partial charge in [-0.3, -0.25) is 4.79 Å². The van der Waals surface area contributed by atoms with Crippen molar-refractivity contribution in [3.8, 4) is 23.0 Å². The van der Waals surface area contributed by atoms with E-state index in [9.17, 15) is 23.1 Å². The Bertz CT molecular complexity index is 1070. The fourth-order valence-corrected chi connectivity index (χ4v) is 2.54. The first-order chi connectivity index (χ1) is 14.2. The molecule has 3 rings (SSSR count). The number of nitrogens with one attached hydrogen (secondary N) is 1. The Balaban J connectivity index is 1.73. The van der Waals surface area contributed by atoms with E-state index in [-0.39, 0.29) is 28.6 Å². The quantitative estimate of drug-likeness (QED) is 0.630. The number of ether oxygens (including phenoxy) is 2. The van der Waals surface area contributed by atoms with Crippen molar-refractivity contribution in [3.63, 3.8) is 0 Å². The highest BCUT2D eigenvalue weighted by molar-refractivity contribution is 6.05. The Kier molecular flexibility index (Phi) is 5.77. The van der Waals surface area contributed by atoms with Gasteiger partial charge >= 0.3 is 6.18 Å². The van der Waals surface area contributed by atoms with Gasteiger partial charge in [0.15, 0.2) is 17.2 Å². The lowest BCUT2D eigenvalue weighted by molar-refractivity contribution is -0.141. The van der Waals surface area contributed by atoms with Crippen molar-refractivity contribution in [2.45, 2.75) is 13.1 Å². The number of alkyl halides is 3. The summed E-state index contributed by atoms with van der Waals surface area (Å²) >= 11 is 0. The zero-order chi connectivity index (χ0) is 21.9. The minimum atomic E-state index is -4.59. The van der Waals surface area contributed by atoms with Crippen LogP contribution in [0.2, 0.25) is 0 Å². The Labute approximate surface area is 169 Å². The summed E-state index contributed by atoms with van der Waals surface area (Å²) in [5, 5.41) is 12.5. The molecule has 0 atom stereocenters. The van der Waals surface area contributed by atoms with Gasteiger partial charge in [0.1, 0.15) is 17.2 Å². The average molecular weight is 419 g/mol. The van der Waals surface area contributed by atoms with Crippen LogP contribution < -0.4 is 14.8 Å². The molecule has 0 aliphatic heterocycles. The number of hydrogen-bond acceptors (Lipinski definition) is 6. The number of benzene rings is 1. The maximum atomic E-state index is 12.9. The van der Waals surface area contributed by atoms with E-state index in [1.165, 1.54) is 56.6 Å². The molecule has 30 heavy (non-hydrogen) atoms. The van der Waals surface area contributed by atoms with Gasteiger partial charge < -0.3 is 19.9 Å². The Morgan fingerprint density at radius 3 is 2.43 bits per heavy atom. The molecule has 0 radical (unpaired) electrons. The van der Waals surface area contributed by atoms with Crippen LogP contribution in [0.4, 0.5) is 18.9 Å². The Morgan fingerprint density at radius 2 is 1.80 bits per heavy atom. The Hall–Kier alpha value is -3.82. The zero-order valence-corrected chi connectivity index (χ0v) is 15.8. The molecule has 0 unspecified atom stereocenters. The summed E-state index contributed by atoms with van der Waals surface area (Å²) in [6.45, 7) is 1.43. The Morgan fingerprint density at radius 1 is 1.10 bits per heavy atom. The van der Waals surface area contributed by atoms with Gasteiger partial charge in [-0.15, -0.1) is 0 Å². The van der Waals surface area contributed by atoms with Gasteiger partial charge in [0.05, 0.1) is 7.11 Å². The van der Waals surface area contributed by atoms with Crippen LogP contribution in [0.25, 0.3) is 0 Å². The smallest absolute Gasteiger partial charge is 0.433 e. The number of rotatable bonds is 5. The summed E-state index contributed by atoms with van der Waals surface area (Å²) < 4.78 is 49.1. The molecule has 1 amide bonds. The number of pyridine rings is 2. The number of hydrogen-bond donors (Lipinski definition) is 2. The van der Waals surface area contributed by atoms with Crippen molar-refractivity contribution < 1.29 is 32.5 Å². The molecule has 2 N–H and O–H groups in total. The predicted molar refractivity (Wildman–Crippen MR) is 101 cm³/mol. The van der Waals surface area contributed by atoms with Crippen LogP contribution in [0.5, 0.6) is 23.0 Å². The number of carbonyl (C=O) groups is 1. The van der Waals surface area contributed by atoms with Crippen molar-refractivity contribution in [2.75, 3.05) is 12.4 Å². The molecule has 2 heterocycles. The number of halogens is 3. The molecule has 0 bridgehead atoms. The van der Waals surface area contributed by atoms with E-state index < -0.39 is 23.5 Å². The molecule has 0 aliphatic carbocycles. The lowest BCUT2D eigenvalue weighted by Crippen LogP contribution is -2.14. The minimum Gasteiger partial charge on any atom is -0.503 e. The monoisotopic (exact) mass is 419 g/mol. The third kappa shape index (κ3) is 4.77. The van der Waals surface area contributed by atoms with Gasteiger partial charge in [-0.2, -0.15) is 13.2 Å². The van der Waals surface area contributed by atoms with Gasteiger partial charge in [-0.25, -0.2) is 9.97 Å². The SMILES string of the molecule is COc1ccnc(C(=O)Nc2ccc(Oc3cc(C)nc(C(F)(F)F)c3)cc2)c1O. The van der Waals surface area contributed by atoms with E-state index in [4.69, 9.17) is 9.47 Å². The fraction of sp³-hybridized carbons (Fsp3) is 0.150. The molecule has 3 aromatic rings. The van der Waals surface area contributed by atoms with Crippen molar-refractivity contribution >= 4 is 11.6 Å². The van der Waals surface area contributed by atoms with Crippen molar-refractivity contribution in [2.24, 2.45) is 0 Å². The second kappa shape index (κ2) is 8.27. The molecule has 7 nitrogen and oxygen atoms in total. The summed E-state index contributed by atoms with van der Waals surface area (Å²) in [6, 6.07) is 9.51. The lowest BCUT2D eigenvalue weighted by Gasteiger charge is -2.12. The molecule has 0 fully saturated rings. The standard InChI is InChI=1S/C20H16F3N3O4/c1-11-9-14(10-16(25-11)20(21,22)23)30-13-5-3-12(4-6-13)26-19(28)17-18(27)15(29-2)7-8-24-17/h3-10,27H,1-2H3,(H,26,28). The topological polar surface area (TPSA) is 93.6 Å². The van der Waals surface area contributed by atoms with Crippen LogP contribution in [0, 0.1) is 6.92 Å². The number of aryl methyl sites for hydroxylation is 1. The van der Waals surface area contributed by atoms with E-state index >= 15 is 0 Å². The maximum absolute atomic E-state index is 12.9.